The molecular weight excluding hydrogens is 466 g/mol. The number of piperazine rings is 1. The molecule has 0 bridgehead atoms. The SMILES string of the molecule is Nc1nc(NCCN2CCN(c3ccc(OCC(O)CO)cc3)CC2)nc2nc(-c3ccco3)nn12. The third kappa shape index (κ3) is 5.48. The summed E-state index contributed by atoms with van der Waals surface area (Å²) in [4.78, 5) is 17.8. The highest BCUT2D eigenvalue weighted by Gasteiger charge is 2.18. The first-order valence-corrected chi connectivity index (χ1v) is 11.8. The van der Waals surface area contributed by atoms with Crippen LogP contribution in [0.3, 0.4) is 0 Å². The van der Waals surface area contributed by atoms with Gasteiger partial charge in [-0.2, -0.15) is 19.5 Å². The highest BCUT2D eigenvalue weighted by Crippen LogP contribution is 2.21. The number of rotatable bonds is 10. The minimum absolute atomic E-state index is 0.0685. The number of hydrogen-bond donors (Lipinski definition) is 4. The number of nitrogens with two attached hydrogens (primary N) is 1. The van der Waals surface area contributed by atoms with Crippen LogP contribution in [-0.4, -0.2) is 98.3 Å². The van der Waals surface area contributed by atoms with E-state index >= 15 is 0 Å². The Morgan fingerprint density at radius 1 is 1.08 bits per heavy atom. The molecule has 0 saturated carbocycles. The number of aromatic nitrogens is 5. The van der Waals surface area contributed by atoms with Crippen LogP contribution in [0.2, 0.25) is 0 Å². The van der Waals surface area contributed by atoms with E-state index in [1.807, 2.05) is 24.3 Å². The monoisotopic (exact) mass is 495 g/mol. The molecule has 1 fully saturated rings. The molecular formula is C23H29N9O4. The zero-order valence-corrected chi connectivity index (χ0v) is 19.7. The summed E-state index contributed by atoms with van der Waals surface area (Å²) in [6.45, 7) is 4.94. The average molecular weight is 496 g/mol. The maximum Gasteiger partial charge on any atom is 0.259 e. The lowest BCUT2D eigenvalue weighted by Crippen LogP contribution is -2.47. The van der Waals surface area contributed by atoms with Gasteiger partial charge in [-0.05, 0) is 36.4 Å². The van der Waals surface area contributed by atoms with Gasteiger partial charge in [0.15, 0.2) is 5.76 Å². The van der Waals surface area contributed by atoms with Gasteiger partial charge in [-0.15, -0.1) is 5.10 Å². The van der Waals surface area contributed by atoms with Gasteiger partial charge in [-0.25, -0.2) is 0 Å². The molecule has 5 N–H and O–H groups in total. The topological polar surface area (TPSA) is 163 Å². The summed E-state index contributed by atoms with van der Waals surface area (Å²) in [5, 5.41) is 25.8. The number of aliphatic hydroxyl groups is 2. The van der Waals surface area contributed by atoms with Gasteiger partial charge in [0.25, 0.3) is 5.78 Å². The third-order valence-electron chi connectivity index (χ3n) is 5.91. The first-order valence-electron chi connectivity index (χ1n) is 11.8. The molecule has 1 atom stereocenters. The fourth-order valence-electron chi connectivity index (χ4n) is 3.95. The van der Waals surface area contributed by atoms with Gasteiger partial charge in [0.05, 0.1) is 12.9 Å². The van der Waals surface area contributed by atoms with Crippen LogP contribution < -0.4 is 20.7 Å². The number of ether oxygens (including phenoxy) is 1. The van der Waals surface area contributed by atoms with Gasteiger partial charge >= 0.3 is 0 Å². The number of nitrogens with zero attached hydrogens (tertiary/aromatic N) is 7. The van der Waals surface area contributed by atoms with E-state index in [4.69, 9.17) is 20.0 Å². The van der Waals surface area contributed by atoms with Crippen LogP contribution in [0.15, 0.2) is 47.1 Å². The highest BCUT2D eigenvalue weighted by molar-refractivity contribution is 5.53. The Balaban J connectivity index is 1.09. The standard InChI is InChI=1S/C23H29N9O4/c24-21-27-22(28-23-26-20(29-32(21)23)19-2-1-13-35-19)25-7-8-30-9-11-31(12-10-30)16-3-5-18(6-4-16)36-15-17(34)14-33/h1-6,13,17,33-34H,7-12,14-15H2,(H3,24,25,26,27,28,29). The fourth-order valence-corrected chi connectivity index (χ4v) is 3.95. The highest BCUT2D eigenvalue weighted by atomic mass is 16.5. The van der Waals surface area contributed by atoms with Crippen molar-refractivity contribution in [2.75, 3.05) is 68.4 Å². The molecule has 1 aromatic carbocycles. The molecule has 0 amide bonds. The maximum absolute atomic E-state index is 9.40. The molecule has 4 heterocycles. The van der Waals surface area contributed by atoms with Crippen molar-refractivity contribution in [3.63, 3.8) is 0 Å². The summed E-state index contributed by atoms with van der Waals surface area (Å²) in [5.74, 6) is 2.56. The van der Waals surface area contributed by atoms with Crippen LogP contribution in [0.1, 0.15) is 0 Å². The number of nitrogen functional groups attached to an aromatic ring is 1. The van der Waals surface area contributed by atoms with Crippen LogP contribution >= 0.6 is 0 Å². The van der Waals surface area contributed by atoms with Crippen LogP contribution in [0.4, 0.5) is 17.6 Å². The van der Waals surface area contributed by atoms with Crippen molar-refractivity contribution >= 4 is 23.4 Å². The molecule has 5 rings (SSSR count). The van der Waals surface area contributed by atoms with E-state index in [2.05, 4.69) is 35.2 Å². The zero-order chi connectivity index (χ0) is 24.9. The summed E-state index contributed by atoms with van der Waals surface area (Å²) < 4.78 is 12.2. The third-order valence-corrected chi connectivity index (χ3v) is 5.91. The van der Waals surface area contributed by atoms with Gasteiger partial charge in [0.2, 0.25) is 17.7 Å². The number of fused-ring (bicyclic) bond motifs is 1. The Bertz CT molecular complexity index is 1250. The fraction of sp³-hybridized carbons (Fsp3) is 0.391. The Hall–Kier alpha value is -3.94. The van der Waals surface area contributed by atoms with E-state index in [9.17, 15) is 5.11 Å². The van der Waals surface area contributed by atoms with Crippen molar-refractivity contribution < 1.29 is 19.4 Å². The second kappa shape index (κ2) is 10.8. The molecule has 190 valence electrons. The lowest BCUT2D eigenvalue weighted by atomic mass is 10.2. The van der Waals surface area contributed by atoms with Crippen molar-refractivity contribution in [2.24, 2.45) is 0 Å². The molecule has 3 aromatic heterocycles. The van der Waals surface area contributed by atoms with E-state index in [1.54, 1.807) is 18.4 Å². The van der Waals surface area contributed by atoms with Gasteiger partial charge in [-0.3, -0.25) is 4.90 Å². The van der Waals surface area contributed by atoms with E-state index in [0.29, 0.717) is 35.6 Å². The summed E-state index contributed by atoms with van der Waals surface area (Å²) >= 11 is 0. The minimum Gasteiger partial charge on any atom is -0.491 e. The van der Waals surface area contributed by atoms with Crippen molar-refractivity contribution in [2.45, 2.75) is 6.10 Å². The number of anilines is 3. The number of hydrogen-bond acceptors (Lipinski definition) is 12. The van der Waals surface area contributed by atoms with Crippen molar-refractivity contribution in [3.8, 4) is 17.3 Å². The number of nitrogens with one attached hydrogen (secondary N) is 1. The van der Waals surface area contributed by atoms with Crippen molar-refractivity contribution in [1.29, 1.82) is 0 Å². The van der Waals surface area contributed by atoms with E-state index in [0.717, 1.165) is 38.4 Å². The van der Waals surface area contributed by atoms with Gasteiger partial charge in [0.1, 0.15) is 18.5 Å². The molecule has 13 nitrogen and oxygen atoms in total. The Morgan fingerprint density at radius 2 is 1.89 bits per heavy atom. The van der Waals surface area contributed by atoms with E-state index in [-0.39, 0.29) is 19.2 Å². The number of aliphatic hydroxyl groups excluding tert-OH is 2. The zero-order valence-electron chi connectivity index (χ0n) is 19.7. The smallest absolute Gasteiger partial charge is 0.259 e. The van der Waals surface area contributed by atoms with Crippen molar-refractivity contribution in [3.05, 3.63) is 42.7 Å². The summed E-state index contributed by atoms with van der Waals surface area (Å²) in [6, 6.07) is 11.3. The molecule has 0 spiro atoms. The summed E-state index contributed by atoms with van der Waals surface area (Å²) in [5.41, 5.74) is 7.18. The quantitative estimate of drug-likeness (QED) is 0.239. The number of furan rings is 1. The molecule has 36 heavy (non-hydrogen) atoms. The molecule has 4 aromatic rings. The van der Waals surface area contributed by atoms with Crippen LogP contribution in [0.25, 0.3) is 17.4 Å². The van der Waals surface area contributed by atoms with Crippen LogP contribution in [-0.2, 0) is 0 Å². The van der Waals surface area contributed by atoms with Gasteiger partial charge < -0.3 is 35.3 Å². The minimum atomic E-state index is -0.873. The largest absolute Gasteiger partial charge is 0.491 e. The predicted octanol–water partition coefficient (Wildman–Crippen LogP) is 0.328. The van der Waals surface area contributed by atoms with Crippen molar-refractivity contribution in [1.82, 2.24) is 29.5 Å². The van der Waals surface area contributed by atoms with Gasteiger partial charge in [-0.1, -0.05) is 0 Å². The van der Waals surface area contributed by atoms with E-state index < -0.39 is 6.10 Å². The molecule has 0 aliphatic carbocycles. The van der Waals surface area contributed by atoms with Gasteiger partial charge in [0, 0.05) is 45.0 Å². The molecule has 1 aliphatic rings. The lowest BCUT2D eigenvalue weighted by Gasteiger charge is -2.36. The summed E-state index contributed by atoms with van der Waals surface area (Å²) in [7, 11) is 0. The second-order valence-corrected chi connectivity index (χ2v) is 8.43. The molecule has 1 unspecified atom stereocenters. The number of benzene rings is 1. The Kier molecular flexibility index (Phi) is 7.11. The molecule has 1 aliphatic heterocycles. The molecule has 1 saturated heterocycles. The second-order valence-electron chi connectivity index (χ2n) is 8.43. The Labute approximate surface area is 207 Å². The first kappa shape index (κ1) is 23.8. The normalized spacial score (nSPS) is 15.3. The molecule has 13 heteroatoms. The van der Waals surface area contributed by atoms with Crippen LogP contribution in [0, 0.1) is 0 Å². The molecule has 0 radical (unpaired) electrons. The van der Waals surface area contributed by atoms with Crippen LogP contribution in [0.5, 0.6) is 5.75 Å². The van der Waals surface area contributed by atoms with E-state index in [1.165, 1.54) is 4.52 Å². The average Bonchev–Trinajstić information content (AvgIpc) is 3.59. The maximum atomic E-state index is 9.40. The Morgan fingerprint density at radius 3 is 2.61 bits per heavy atom. The predicted molar refractivity (Wildman–Crippen MR) is 133 cm³/mol. The lowest BCUT2D eigenvalue weighted by molar-refractivity contribution is 0.0536. The summed E-state index contributed by atoms with van der Waals surface area (Å²) in [6.07, 6.45) is 0.685. The first-order chi connectivity index (χ1) is 17.6.